The van der Waals surface area contributed by atoms with Crippen LogP contribution in [0.3, 0.4) is 0 Å². The van der Waals surface area contributed by atoms with E-state index in [-0.39, 0.29) is 0 Å². The van der Waals surface area contributed by atoms with Gasteiger partial charge in [0.2, 0.25) is 11.6 Å². The van der Waals surface area contributed by atoms with Crippen molar-refractivity contribution in [2.24, 2.45) is 9.98 Å². The molecule has 138 valence electrons. The molecule has 0 amide bonds. The predicted octanol–water partition coefficient (Wildman–Crippen LogP) is 5.88. The molecule has 0 fully saturated rings. The van der Waals surface area contributed by atoms with Crippen LogP contribution in [0.5, 0.6) is 0 Å². The monoisotopic (exact) mass is 376 g/mol. The molecule has 0 aliphatic rings. The van der Waals surface area contributed by atoms with Gasteiger partial charge >= 0.3 is 0 Å². The zero-order chi connectivity index (χ0) is 19.5. The number of benzene rings is 4. The van der Waals surface area contributed by atoms with Gasteiger partial charge in [-0.1, -0.05) is 72.8 Å². The molecule has 5 heteroatoms. The molecule has 0 spiro atoms. The minimum atomic E-state index is 0.343. The lowest BCUT2D eigenvalue weighted by Gasteiger charge is -1.98. The summed E-state index contributed by atoms with van der Waals surface area (Å²) in [6.45, 7) is 0. The van der Waals surface area contributed by atoms with Crippen LogP contribution in [0.4, 0.5) is 11.6 Å². The first-order valence-electron chi connectivity index (χ1n) is 9.23. The fourth-order valence-corrected chi connectivity index (χ4v) is 3.19. The van der Waals surface area contributed by atoms with Gasteiger partial charge in [-0.05, 0) is 55.1 Å². The van der Waals surface area contributed by atoms with Crippen LogP contribution in [0.1, 0.15) is 11.1 Å². The van der Waals surface area contributed by atoms with Crippen LogP contribution in [0.2, 0.25) is 0 Å². The zero-order valence-electron chi connectivity index (χ0n) is 15.4. The van der Waals surface area contributed by atoms with Crippen LogP contribution >= 0.6 is 0 Å². The molecule has 5 aromatic rings. The molecule has 0 radical (unpaired) electrons. The topological polar surface area (TPSA) is 63.6 Å². The van der Waals surface area contributed by atoms with Crippen molar-refractivity contribution in [3.63, 3.8) is 0 Å². The molecule has 5 rings (SSSR count). The molecule has 0 saturated heterocycles. The molecule has 0 atom stereocenters. The van der Waals surface area contributed by atoms with Gasteiger partial charge in [-0.25, -0.2) is 14.6 Å². The summed E-state index contributed by atoms with van der Waals surface area (Å²) < 4.78 is 4.84. The summed E-state index contributed by atoms with van der Waals surface area (Å²) in [7, 11) is 0. The lowest BCUT2D eigenvalue weighted by Crippen LogP contribution is -1.82. The van der Waals surface area contributed by atoms with Gasteiger partial charge in [0.05, 0.1) is 0 Å². The second kappa shape index (κ2) is 7.48. The first kappa shape index (κ1) is 17.0. The molecule has 0 aliphatic carbocycles. The van der Waals surface area contributed by atoms with E-state index >= 15 is 0 Å². The minimum Gasteiger partial charge on any atom is -0.240 e. The normalized spacial score (nSPS) is 11.9. The van der Waals surface area contributed by atoms with Crippen molar-refractivity contribution in [2.45, 2.75) is 0 Å². The van der Waals surface area contributed by atoms with E-state index in [1.165, 1.54) is 10.8 Å². The summed E-state index contributed by atoms with van der Waals surface area (Å²) in [5, 5.41) is 12.4. The van der Waals surface area contributed by atoms with Crippen LogP contribution in [-0.2, 0) is 0 Å². The molecule has 1 aromatic heterocycles. The van der Waals surface area contributed by atoms with Crippen molar-refractivity contribution in [1.82, 2.24) is 10.3 Å². The quantitative estimate of drug-likeness (QED) is 0.368. The third kappa shape index (κ3) is 3.66. The van der Waals surface area contributed by atoms with Gasteiger partial charge in [0.1, 0.15) is 0 Å². The highest BCUT2D eigenvalue weighted by atomic mass is 16.6. The fourth-order valence-electron chi connectivity index (χ4n) is 3.19. The van der Waals surface area contributed by atoms with E-state index in [2.05, 4.69) is 68.8 Å². The number of aromatic nitrogens is 2. The highest BCUT2D eigenvalue weighted by molar-refractivity contribution is 5.93. The van der Waals surface area contributed by atoms with Crippen LogP contribution < -0.4 is 0 Å². The van der Waals surface area contributed by atoms with Gasteiger partial charge in [0.25, 0.3) is 0 Å². The molecule has 0 unspecified atom stereocenters. The number of hydrogen-bond donors (Lipinski definition) is 0. The maximum atomic E-state index is 4.84. The van der Waals surface area contributed by atoms with Crippen LogP contribution in [-0.4, -0.2) is 22.7 Å². The molecular weight excluding hydrogens is 360 g/mol. The Morgan fingerprint density at radius 1 is 0.552 bits per heavy atom. The number of fused-ring (bicyclic) bond motifs is 2. The Hall–Kier alpha value is -4.12. The van der Waals surface area contributed by atoms with Crippen molar-refractivity contribution in [3.05, 3.63) is 96.1 Å². The van der Waals surface area contributed by atoms with Gasteiger partial charge in [-0.15, -0.1) is 0 Å². The standard InChI is InChI=1S/C24H16N4O/c1-3-7-21-13-17(9-11-19(21)5-1)15-25-23-24(28-29-27-23)26-16-18-10-12-20-6-2-4-8-22(20)14-18/h1-16H. The molecule has 0 saturated carbocycles. The van der Waals surface area contributed by atoms with Gasteiger partial charge in [0, 0.05) is 12.4 Å². The molecular formula is C24H16N4O. The minimum absolute atomic E-state index is 0.343. The first-order valence-corrected chi connectivity index (χ1v) is 9.23. The lowest BCUT2D eigenvalue weighted by molar-refractivity contribution is 0.309. The second-order valence-corrected chi connectivity index (χ2v) is 6.64. The van der Waals surface area contributed by atoms with Crippen LogP contribution in [0, 0.1) is 0 Å². The van der Waals surface area contributed by atoms with Crippen molar-refractivity contribution in [3.8, 4) is 0 Å². The Balaban J connectivity index is 1.39. The SMILES string of the molecule is C(=Nc1nonc1N=Cc1ccc2ccccc2c1)c1ccc2ccccc2c1. The van der Waals surface area contributed by atoms with E-state index in [4.69, 9.17) is 4.63 Å². The molecule has 1 heterocycles. The van der Waals surface area contributed by atoms with Crippen molar-refractivity contribution in [2.75, 3.05) is 0 Å². The Kier molecular flexibility index (Phi) is 4.39. The number of nitrogens with zero attached hydrogens (tertiary/aromatic N) is 4. The van der Waals surface area contributed by atoms with Crippen molar-refractivity contribution >= 4 is 45.6 Å². The van der Waals surface area contributed by atoms with E-state index < -0.39 is 0 Å². The molecule has 4 aromatic carbocycles. The molecule has 0 N–H and O–H groups in total. The Morgan fingerprint density at radius 3 is 1.48 bits per heavy atom. The molecule has 0 aliphatic heterocycles. The van der Waals surface area contributed by atoms with Crippen molar-refractivity contribution < 1.29 is 4.63 Å². The molecule has 29 heavy (non-hydrogen) atoms. The summed E-state index contributed by atoms with van der Waals surface area (Å²) in [4.78, 5) is 8.80. The summed E-state index contributed by atoms with van der Waals surface area (Å²) in [5.74, 6) is 0.686. The van der Waals surface area contributed by atoms with E-state index in [1.54, 1.807) is 12.4 Å². The zero-order valence-corrected chi connectivity index (χ0v) is 15.4. The summed E-state index contributed by atoms with van der Waals surface area (Å²) in [6.07, 6.45) is 3.47. The van der Waals surface area contributed by atoms with Gasteiger partial charge in [0.15, 0.2) is 0 Å². The van der Waals surface area contributed by atoms with Gasteiger partial charge < -0.3 is 0 Å². The Labute approximate surface area is 167 Å². The maximum absolute atomic E-state index is 4.84. The summed E-state index contributed by atoms with van der Waals surface area (Å²) in [5.41, 5.74) is 1.94. The Morgan fingerprint density at radius 2 is 1.00 bits per heavy atom. The number of rotatable bonds is 4. The molecule has 5 nitrogen and oxygen atoms in total. The summed E-state index contributed by atoms with van der Waals surface area (Å²) >= 11 is 0. The van der Waals surface area contributed by atoms with Gasteiger partial charge in [-0.2, -0.15) is 0 Å². The Bertz CT molecular complexity index is 1260. The maximum Gasteiger partial charge on any atom is 0.243 e. The van der Waals surface area contributed by atoms with E-state index in [9.17, 15) is 0 Å². The van der Waals surface area contributed by atoms with Crippen molar-refractivity contribution in [1.29, 1.82) is 0 Å². The number of hydrogen-bond acceptors (Lipinski definition) is 5. The largest absolute Gasteiger partial charge is 0.243 e. The fraction of sp³-hybridized carbons (Fsp3) is 0. The van der Waals surface area contributed by atoms with Crippen LogP contribution in [0.15, 0.2) is 99.5 Å². The predicted molar refractivity (Wildman–Crippen MR) is 117 cm³/mol. The highest BCUT2D eigenvalue weighted by Gasteiger charge is 2.06. The molecule has 0 bridgehead atoms. The summed E-state index contributed by atoms with van der Waals surface area (Å²) in [6, 6.07) is 28.7. The third-order valence-corrected chi connectivity index (χ3v) is 4.67. The number of aliphatic imine (C=N–C) groups is 2. The lowest BCUT2D eigenvalue weighted by atomic mass is 10.1. The third-order valence-electron chi connectivity index (χ3n) is 4.67. The highest BCUT2D eigenvalue weighted by Crippen LogP contribution is 2.23. The average Bonchev–Trinajstić information content (AvgIpc) is 3.23. The van der Waals surface area contributed by atoms with Crippen LogP contribution in [0.25, 0.3) is 21.5 Å². The van der Waals surface area contributed by atoms with E-state index in [1.807, 2.05) is 36.4 Å². The average molecular weight is 376 g/mol. The first-order chi connectivity index (χ1) is 14.3. The smallest absolute Gasteiger partial charge is 0.240 e. The van der Waals surface area contributed by atoms with E-state index in [0.29, 0.717) is 11.6 Å². The second-order valence-electron chi connectivity index (χ2n) is 6.64. The van der Waals surface area contributed by atoms with Gasteiger partial charge in [-0.3, -0.25) is 0 Å². The van der Waals surface area contributed by atoms with E-state index in [0.717, 1.165) is 21.9 Å².